The molecule has 0 bridgehead atoms. The predicted molar refractivity (Wildman–Crippen MR) is 52.1 cm³/mol. The van der Waals surface area contributed by atoms with E-state index < -0.39 is 5.97 Å². The van der Waals surface area contributed by atoms with Crippen LogP contribution in [0.5, 0.6) is 0 Å². The predicted octanol–water partition coefficient (Wildman–Crippen LogP) is 2.06. The van der Waals surface area contributed by atoms with Gasteiger partial charge in [-0.1, -0.05) is 6.42 Å². The molecule has 0 aromatic carbocycles. The maximum Gasteiger partial charge on any atom is 0.303 e. The van der Waals surface area contributed by atoms with E-state index in [1.165, 1.54) is 6.42 Å². The van der Waals surface area contributed by atoms with Crippen molar-refractivity contribution < 1.29 is 14.6 Å². The zero-order valence-electron chi connectivity index (χ0n) is 8.66. The molecule has 1 heterocycles. The summed E-state index contributed by atoms with van der Waals surface area (Å²) in [5.41, 5.74) is 0.0712. The van der Waals surface area contributed by atoms with Gasteiger partial charge in [0.05, 0.1) is 12.5 Å². The average molecular weight is 198 g/mol. The van der Waals surface area contributed by atoms with Crippen molar-refractivity contribution in [2.75, 3.05) is 6.61 Å². The van der Waals surface area contributed by atoms with Gasteiger partial charge in [-0.25, -0.2) is 0 Å². The molecule has 1 aliphatic heterocycles. The molecule has 0 amide bonds. The molecular weight excluding hydrogens is 180 g/mol. The number of rotatable bonds is 3. The fourth-order valence-corrected chi connectivity index (χ4v) is 3.15. The maximum atomic E-state index is 10.8. The van der Waals surface area contributed by atoms with E-state index in [1.807, 2.05) is 0 Å². The van der Waals surface area contributed by atoms with Gasteiger partial charge in [-0.05, 0) is 37.5 Å². The van der Waals surface area contributed by atoms with Crippen LogP contribution in [0.25, 0.3) is 0 Å². The normalized spacial score (nSPS) is 35.2. The SMILES string of the molecule is CC1OCCC1C1(CC(=O)O)CCC1. The van der Waals surface area contributed by atoms with Crippen molar-refractivity contribution in [3.05, 3.63) is 0 Å². The Labute approximate surface area is 84.4 Å². The van der Waals surface area contributed by atoms with E-state index in [0.29, 0.717) is 12.3 Å². The van der Waals surface area contributed by atoms with Crippen molar-refractivity contribution in [3.8, 4) is 0 Å². The first-order chi connectivity index (χ1) is 6.64. The van der Waals surface area contributed by atoms with Crippen LogP contribution in [0.3, 0.4) is 0 Å². The molecule has 2 atom stereocenters. The lowest BCUT2D eigenvalue weighted by Crippen LogP contribution is -2.42. The van der Waals surface area contributed by atoms with Gasteiger partial charge in [-0.3, -0.25) is 4.79 Å². The van der Waals surface area contributed by atoms with Gasteiger partial charge in [0.25, 0.3) is 0 Å². The highest BCUT2D eigenvalue weighted by Gasteiger charge is 2.49. The van der Waals surface area contributed by atoms with Gasteiger partial charge in [0.15, 0.2) is 0 Å². The first-order valence-electron chi connectivity index (χ1n) is 5.47. The van der Waals surface area contributed by atoms with E-state index in [4.69, 9.17) is 9.84 Å². The topological polar surface area (TPSA) is 46.5 Å². The van der Waals surface area contributed by atoms with Crippen molar-refractivity contribution in [1.29, 1.82) is 0 Å². The lowest BCUT2D eigenvalue weighted by molar-refractivity contribution is -0.144. The summed E-state index contributed by atoms with van der Waals surface area (Å²) in [4.78, 5) is 10.8. The second kappa shape index (κ2) is 3.54. The third kappa shape index (κ3) is 1.54. The third-order valence-electron chi connectivity index (χ3n) is 4.02. The first-order valence-corrected chi connectivity index (χ1v) is 5.47. The zero-order chi connectivity index (χ0) is 10.2. The molecule has 2 unspecified atom stereocenters. The Morgan fingerprint density at radius 2 is 2.29 bits per heavy atom. The van der Waals surface area contributed by atoms with Crippen molar-refractivity contribution in [2.24, 2.45) is 11.3 Å². The summed E-state index contributed by atoms with van der Waals surface area (Å²) in [6.45, 7) is 2.90. The van der Waals surface area contributed by atoms with Gasteiger partial charge >= 0.3 is 5.97 Å². The Kier molecular flexibility index (Phi) is 2.52. The molecule has 2 rings (SSSR count). The standard InChI is InChI=1S/C11H18O3/c1-8-9(3-6-14-8)11(4-2-5-11)7-10(12)13/h8-9H,2-7H2,1H3,(H,12,13). The number of carboxylic acids is 1. The van der Waals surface area contributed by atoms with Crippen LogP contribution in [0.2, 0.25) is 0 Å². The summed E-state index contributed by atoms with van der Waals surface area (Å²) in [7, 11) is 0. The number of hydrogen-bond donors (Lipinski definition) is 1. The summed E-state index contributed by atoms with van der Waals surface area (Å²) in [6.07, 6.45) is 5.00. The highest BCUT2D eigenvalue weighted by Crippen LogP contribution is 2.54. The van der Waals surface area contributed by atoms with Crippen LogP contribution in [-0.4, -0.2) is 23.8 Å². The van der Waals surface area contributed by atoms with Gasteiger partial charge in [-0.2, -0.15) is 0 Å². The lowest BCUT2D eigenvalue weighted by atomic mass is 9.57. The fraction of sp³-hybridized carbons (Fsp3) is 0.909. The van der Waals surface area contributed by atoms with E-state index in [2.05, 4.69) is 6.92 Å². The van der Waals surface area contributed by atoms with E-state index >= 15 is 0 Å². The molecule has 0 aromatic rings. The van der Waals surface area contributed by atoms with Crippen molar-refractivity contribution in [1.82, 2.24) is 0 Å². The summed E-state index contributed by atoms with van der Waals surface area (Å²) in [5, 5.41) is 8.92. The van der Waals surface area contributed by atoms with Crippen LogP contribution in [0.15, 0.2) is 0 Å². The highest BCUT2D eigenvalue weighted by molar-refractivity contribution is 5.68. The third-order valence-corrected chi connectivity index (χ3v) is 4.02. The molecule has 1 saturated carbocycles. The maximum absolute atomic E-state index is 10.8. The lowest BCUT2D eigenvalue weighted by Gasteiger charge is -2.46. The number of hydrogen-bond acceptors (Lipinski definition) is 2. The molecule has 2 aliphatic rings. The smallest absolute Gasteiger partial charge is 0.303 e. The second-order valence-electron chi connectivity index (χ2n) is 4.76. The second-order valence-corrected chi connectivity index (χ2v) is 4.76. The minimum atomic E-state index is -0.649. The summed E-state index contributed by atoms with van der Waals surface area (Å²) >= 11 is 0. The Morgan fingerprint density at radius 3 is 2.64 bits per heavy atom. The Hall–Kier alpha value is -0.570. The highest BCUT2D eigenvalue weighted by atomic mass is 16.5. The Bertz CT molecular complexity index is 233. The molecule has 1 aliphatic carbocycles. The molecule has 3 heteroatoms. The molecule has 1 saturated heterocycles. The van der Waals surface area contributed by atoms with E-state index in [1.54, 1.807) is 0 Å². The van der Waals surface area contributed by atoms with E-state index in [0.717, 1.165) is 25.9 Å². The number of aliphatic carboxylic acids is 1. The summed E-state index contributed by atoms with van der Waals surface area (Å²) in [5.74, 6) is -0.170. The van der Waals surface area contributed by atoms with Crippen LogP contribution < -0.4 is 0 Å². The molecule has 80 valence electrons. The van der Waals surface area contributed by atoms with Crippen LogP contribution in [-0.2, 0) is 9.53 Å². The van der Waals surface area contributed by atoms with Crippen LogP contribution in [0.1, 0.15) is 39.0 Å². The van der Waals surface area contributed by atoms with Gasteiger partial charge in [0, 0.05) is 6.61 Å². The minimum Gasteiger partial charge on any atom is -0.481 e. The summed E-state index contributed by atoms with van der Waals surface area (Å²) < 4.78 is 5.54. The minimum absolute atomic E-state index is 0.0712. The molecule has 0 spiro atoms. The molecular formula is C11H18O3. The van der Waals surface area contributed by atoms with Crippen LogP contribution in [0.4, 0.5) is 0 Å². The monoisotopic (exact) mass is 198 g/mol. The van der Waals surface area contributed by atoms with Crippen molar-refractivity contribution in [3.63, 3.8) is 0 Å². The molecule has 0 radical (unpaired) electrons. The number of carboxylic acid groups (broad SMARTS) is 1. The molecule has 3 nitrogen and oxygen atoms in total. The first kappa shape index (κ1) is 9.97. The van der Waals surface area contributed by atoms with Crippen molar-refractivity contribution >= 4 is 5.97 Å². The van der Waals surface area contributed by atoms with Crippen LogP contribution >= 0.6 is 0 Å². The molecule has 2 fully saturated rings. The molecule has 1 N–H and O–H groups in total. The summed E-state index contributed by atoms with van der Waals surface area (Å²) in [6, 6.07) is 0. The van der Waals surface area contributed by atoms with Gasteiger partial charge in [-0.15, -0.1) is 0 Å². The molecule has 0 aromatic heterocycles. The fourth-order valence-electron chi connectivity index (χ4n) is 3.15. The Balaban J connectivity index is 2.07. The Morgan fingerprint density at radius 1 is 1.57 bits per heavy atom. The molecule has 14 heavy (non-hydrogen) atoms. The number of ether oxygens (including phenoxy) is 1. The quantitative estimate of drug-likeness (QED) is 0.755. The van der Waals surface area contributed by atoms with Crippen LogP contribution in [0, 0.1) is 11.3 Å². The number of carbonyl (C=O) groups is 1. The van der Waals surface area contributed by atoms with E-state index in [9.17, 15) is 4.79 Å². The van der Waals surface area contributed by atoms with Gasteiger partial charge < -0.3 is 9.84 Å². The van der Waals surface area contributed by atoms with Gasteiger partial charge in [0.1, 0.15) is 0 Å². The largest absolute Gasteiger partial charge is 0.481 e. The van der Waals surface area contributed by atoms with E-state index in [-0.39, 0.29) is 11.5 Å². The van der Waals surface area contributed by atoms with Crippen molar-refractivity contribution in [2.45, 2.75) is 45.1 Å². The van der Waals surface area contributed by atoms with Gasteiger partial charge in [0.2, 0.25) is 0 Å². The zero-order valence-corrected chi connectivity index (χ0v) is 8.66. The average Bonchev–Trinajstić information content (AvgIpc) is 2.44.